The molecule has 0 aliphatic rings. The molecule has 1 atom stereocenters. The van der Waals surface area contributed by atoms with E-state index < -0.39 is 12.0 Å². The Labute approximate surface area is 106 Å². The lowest BCUT2D eigenvalue weighted by molar-refractivity contribution is -0.139. The van der Waals surface area contributed by atoms with Crippen molar-refractivity contribution in [2.75, 3.05) is 19.4 Å². The summed E-state index contributed by atoms with van der Waals surface area (Å²) in [6.07, 6.45) is -0.102. The van der Waals surface area contributed by atoms with E-state index in [0.29, 0.717) is 0 Å². The van der Waals surface area contributed by atoms with Crippen molar-refractivity contribution in [3.05, 3.63) is 29.8 Å². The fourth-order valence-corrected chi connectivity index (χ4v) is 1.74. The number of anilines is 1. The summed E-state index contributed by atoms with van der Waals surface area (Å²) in [5, 5.41) is 11.9. The van der Waals surface area contributed by atoms with Crippen molar-refractivity contribution in [1.29, 1.82) is 0 Å². The summed E-state index contributed by atoms with van der Waals surface area (Å²) < 4.78 is 0. The molecule has 2 N–H and O–H groups in total. The summed E-state index contributed by atoms with van der Waals surface area (Å²) in [5.41, 5.74) is 1.76. The molecule has 1 amide bonds. The highest BCUT2D eigenvalue weighted by atomic mass is 16.4. The maximum Gasteiger partial charge on any atom is 0.305 e. The monoisotopic (exact) mass is 250 g/mol. The second-order valence-corrected chi connectivity index (χ2v) is 4.12. The Kier molecular flexibility index (Phi) is 4.71. The van der Waals surface area contributed by atoms with Crippen molar-refractivity contribution >= 4 is 17.6 Å². The molecule has 0 aliphatic heterocycles. The highest BCUT2D eigenvalue weighted by molar-refractivity contribution is 5.75. The minimum absolute atomic E-state index is 0.102. The molecule has 18 heavy (non-hydrogen) atoms. The molecule has 0 fully saturated rings. The maximum absolute atomic E-state index is 11.4. The zero-order valence-corrected chi connectivity index (χ0v) is 10.8. The number of hydrogen-bond donors (Lipinski definition) is 2. The van der Waals surface area contributed by atoms with Gasteiger partial charge in [0.05, 0.1) is 12.5 Å². The van der Waals surface area contributed by atoms with Gasteiger partial charge in [-0.2, -0.15) is 0 Å². The van der Waals surface area contributed by atoms with Crippen LogP contribution in [0.15, 0.2) is 24.3 Å². The molecule has 98 valence electrons. The van der Waals surface area contributed by atoms with Gasteiger partial charge in [0, 0.05) is 26.7 Å². The van der Waals surface area contributed by atoms with Crippen LogP contribution in [-0.2, 0) is 9.59 Å². The van der Waals surface area contributed by atoms with Crippen LogP contribution in [0.25, 0.3) is 0 Å². The summed E-state index contributed by atoms with van der Waals surface area (Å²) in [5.74, 6) is -1.08. The second kappa shape index (κ2) is 6.05. The van der Waals surface area contributed by atoms with Gasteiger partial charge in [0.15, 0.2) is 0 Å². The number of hydrogen-bond acceptors (Lipinski definition) is 3. The quantitative estimate of drug-likeness (QED) is 0.835. The standard InChI is InChI=1S/C13H18N2O3/c1-9(16)15(3)12(8-13(17)18)10-4-6-11(14-2)7-5-10/h4-7,12,14H,8H2,1-3H3,(H,17,18). The number of rotatable bonds is 5. The van der Waals surface area contributed by atoms with Crippen molar-refractivity contribution < 1.29 is 14.7 Å². The Morgan fingerprint density at radius 2 is 1.89 bits per heavy atom. The van der Waals surface area contributed by atoms with Gasteiger partial charge in [0.1, 0.15) is 0 Å². The molecule has 5 heteroatoms. The van der Waals surface area contributed by atoms with Crippen LogP contribution >= 0.6 is 0 Å². The molecule has 0 saturated heterocycles. The van der Waals surface area contributed by atoms with Gasteiger partial charge in [-0.25, -0.2) is 0 Å². The average Bonchev–Trinajstić information content (AvgIpc) is 2.35. The third-order valence-corrected chi connectivity index (χ3v) is 2.92. The fraction of sp³-hybridized carbons (Fsp3) is 0.385. The van der Waals surface area contributed by atoms with Crippen LogP contribution in [0.4, 0.5) is 5.69 Å². The van der Waals surface area contributed by atoms with E-state index in [1.54, 1.807) is 7.05 Å². The van der Waals surface area contributed by atoms with Crippen molar-refractivity contribution in [3.63, 3.8) is 0 Å². The predicted octanol–water partition coefficient (Wildman–Crippen LogP) is 1.72. The van der Waals surface area contributed by atoms with E-state index in [-0.39, 0.29) is 12.3 Å². The lowest BCUT2D eigenvalue weighted by Crippen LogP contribution is -2.30. The molecule has 1 rings (SSSR count). The molecule has 0 heterocycles. The number of nitrogens with one attached hydrogen (secondary N) is 1. The Balaban J connectivity index is 3.00. The molecular formula is C13H18N2O3. The molecule has 0 radical (unpaired) electrons. The van der Waals surface area contributed by atoms with Crippen LogP contribution in [-0.4, -0.2) is 36.0 Å². The Morgan fingerprint density at radius 1 is 1.33 bits per heavy atom. The van der Waals surface area contributed by atoms with Crippen LogP contribution < -0.4 is 5.32 Å². The van der Waals surface area contributed by atoms with Crippen LogP contribution in [0.2, 0.25) is 0 Å². The molecular weight excluding hydrogens is 232 g/mol. The summed E-state index contributed by atoms with van der Waals surface area (Å²) in [4.78, 5) is 23.7. The van der Waals surface area contributed by atoms with E-state index in [1.165, 1.54) is 11.8 Å². The van der Waals surface area contributed by atoms with Crippen LogP contribution in [0.1, 0.15) is 24.9 Å². The predicted molar refractivity (Wildman–Crippen MR) is 69.4 cm³/mol. The van der Waals surface area contributed by atoms with E-state index >= 15 is 0 Å². The van der Waals surface area contributed by atoms with E-state index in [0.717, 1.165) is 11.3 Å². The molecule has 1 aromatic rings. The topological polar surface area (TPSA) is 69.6 Å². The Bertz CT molecular complexity index is 428. The number of carboxylic acids is 1. The van der Waals surface area contributed by atoms with Gasteiger partial charge in [-0.15, -0.1) is 0 Å². The van der Waals surface area contributed by atoms with Crippen LogP contribution in [0.3, 0.4) is 0 Å². The maximum atomic E-state index is 11.4. The number of amides is 1. The van der Waals surface area contributed by atoms with Gasteiger partial charge in [0.25, 0.3) is 0 Å². The second-order valence-electron chi connectivity index (χ2n) is 4.12. The first kappa shape index (κ1) is 14.0. The highest BCUT2D eigenvalue weighted by Crippen LogP contribution is 2.24. The molecule has 0 spiro atoms. The van der Waals surface area contributed by atoms with Crippen molar-refractivity contribution in [1.82, 2.24) is 4.90 Å². The molecule has 0 bridgehead atoms. The minimum atomic E-state index is -0.925. The molecule has 0 saturated carbocycles. The van der Waals surface area contributed by atoms with E-state index in [9.17, 15) is 9.59 Å². The Morgan fingerprint density at radius 3 is 2.28 bits per heavy atom. The minimum Gasteiger partial charge on any atom is -0.481 e. The summed E-state index contributed by atoms with van der Waals surface area (Å²) in [6.45, 7) is 1.43. The third kappa shape index (κ3) is 3.48. The SMILES string of the molecule is CNc1ccc(C(CC(=O)O)N(C)C(C)=O)cc1. The first-order chi connectivity index (χ1) is 8.45. The number of benzene rings is 1. The largest absolute Gasteiger partial charge is 0.481 e. The highest BCUT2D eigenvalue weighted by Gasteiger charge is 2.22. The van der Waals surface area contributed by atoms with Gasteiger partial charge >= 0.3 is 5.97 Å². The molecule has 0 aliphatic carbocycles. The van der Waals surface area contributed by atoms with E-state index in [2.05, 4.69) is 5.32 Å². The Hall–Kier alpha value is -2.04. The van der Waals surface area contributed by atoms with Gasteiger partial charge in [-0.1, -0.05) is 12.1 Å². The number of aliphatic carboxylic acids is 1. The van der Waals surface area contributed by atoms with E-state index in [4.69, 9.17) is 5.11 Å². The zero-order chi connectivity index (χ0) is 13.7. The zero-order valence-electron chi connectivity index (χ0n) is 10.8. The summed E-state index contributed by atoms with van der Waals surface area (Å²) >= 11 is 0. The summed E-state index contributed by atoms with van der Waals surface area (Å²) in [6, 6.07) is 6.94. The van der Waals surface area contributed by atoms with Crippen LogP contribution in [0.5, 0.6) is 0 Å². The first-order valence-electron chi connectivity index (χ1n) is 5.68. The van der Waals surface area contributed by atoms with E-state index in [1.807, 2.05) is 31.3 Å². The number of nitrogens with zero attached hydrogens (tertiary/aromatic N) is 1. The molecule has 1 aromatic carbocycles. The molecule has 1 unspecified atom stereocenters. The normalized spacial score (nSPS) is 11.7. The van der Waals surface area contributed by atoms with Gasteiger partial charge in [0.2, 0.25) is 5.91 Å². The fourth-order valence-electron chi connectivity index (χ4n) is 1.74. The molecule has 5 nitrogen and oxygen atoms in total. The first-order valence-corrected chi connectivity index (χ1v) is 5.68. The van der Waals surface area contributed by atoms with Gasteiger partial charge in [-0.3, -0.25) is 9.59 Å². The lowest BCUT2D eigenvalue weighted by atomic mass is 10.0. The summed E-state index contributed by atoms with van der Waals surface area (Å²) in [7, 11) is 3.42. The number of carboxylic acid groups (broad SMARTS) is 1. The lowest BCUT2D eigenvalue weighted by Gasteiger charge is -2.26. The van der Waals surface area contributed by atoms with Crippen molar-refractivity contribution in [2.24, 2.45) is 0 Å². The van der Waals surface area contributed by atoms with Crippen LogP contribution in [0, 0.1) is 0 Å². The smallest absolute Gasteiger partial charge is 0.305 e. The third-order valence-electron chi connectivity index (χ3n) is 2.92. The molecule has 0 aromatic heterocycles. The number of carbonyl (C=O) groups is 2. The van der Waals surface area contributed by atoms with Gasteiger partial charge in [-0.05, 0) is 17.7 Å². The van der Waals surface area contributed by atoms with Crippen molar-refractivity contribution in [3.8, 4) is 0 Å². The van der Waals surface area contributed by atoms with Gasteiger partial charge < -0.3 is 15.3 Å². The van der Waals surface area contributed by atoms with Crippen molar-refractivity contribution in [2.45, 2.75) is 19.4 Å². The number of carbonyl (C=O) groups excluding carboxylic acids is 1. The average molecular weight is 250 g/mol.